The van der Waals surface area contributed by atoms with Gasteiger partial charge < -0.3 is 10.2 Å². The highest BCUT2D eigenvalue weighted by molar-refractivity contribution is 5.93. The van der Waals surface area contributed by atoms with E-state index in [4.69, 9.17) is 10.2 Å². The van der Waals surface area contributed by atoms with Crippen LogP contribution in [-0.2, 0) is 9.59 Å². The van der Waals surface area contributed by atoms with Crippen molar-refractivity contribution in [2.24, 2.45) is 11.3 Å². The molecule has 0 rings (SSSR count). The number of carbonyl (C=O) groups is 2. The molecule has 4 heteroatoms. The zero-order chi connectivity index (χ0) is 12.1. The van der Waals surface area contributed by atoms with E-state index >= 15 is 0 Å². The molecule has 0 bridgehead atoms. The van der Waals surface area contributed by atoms with Crippen molar-refractivity contribution in [1.82, 2.24) is 0 Å². The molecule has 15 heavy (non-hydrogen) atoms. The molecule has 1 atom stereocenters. The average molecular weight is 216 g/mol. The molecular formula is C11H20O4. The molecule has 0 aromatic rings. The number of hydrogen-bond donors (Lipinski definition) is 2. The molecule has 0 saturated carbocycles. The molecule has 0 aliphatic rings. The second-order valence-electron chi connectivity index (χ2n) is 4.22. The first-order valence-electron chi connectivity index (χ1n) is 5.34. The van der Waals surface area contributed by atoms with Crippen molar-refractivity contribution in [3.63, 3.8) is 0 Å². The summed E-state index contributed by atoms with van der Waals surface area (Å²) in [4.78, 5) is 21.9. The summed E-state index contributed by atoms with van der Waals surface area (Å²) in [6.07, 6.45) is 3.02. The third kappa shape index (κ3) is 3.53. The van der Waals surface area contributed by atoms with Crippen LogP contribution >= 0.6 is 0 Å². The molecular weight excluding hydrogens is 196 g/mol. The van der Waals surface area contributed by atoms with Gasteiger partial charge in [0.1, 0.15) is 0 Å². The zero-order valence-electron chi connectivity index (χ0n) is 9.62. The predicted molar refractivity (Wildman–Crippen MR) is 56.7 cm³/mol. The molecule has 0 aromatic heterocycles. The predicted octanol–water partition coefficient (Wildman–Crippen LogP) is 2.38. The summed E-state index contributed by atoms with van der Waals surface area (Å²) in [6.45, 7) is 5.59. The van der Waals surface area contributed by atoms with E-state index in [0.29, 0.717) is 12.8 Å². The van der Waals surface area contributed by atoms with E-state index in [-0.39, 0.29) is 0 Å². The van der Waals surface area contributed by atoms with E-state index in [1.165, 1.54) is 0 Å². The minimum atomic E-state index is -1.30. The van der Waals surface area contributed by atoms with E-state index in [0.717, 1.165) is 12.8 Å². The van der Waals surface area contributed by atoms with E-state index < -0.39 is 23.3 Å². The Morgan fingerprint density at radius 2 is 1.67 bits per heavy atom. The van der Waals surface area contributed by atoms with Gasteiger partial charge in [-0.05, 0) is 18.3 Å². The van der Waals surface area contributed by atoms with Crippen LogP contribution in [0.1, 0.15) is 46.5 Å². The highest BCUT2D eigenvalue weighted by Crippen LogP contribution is 2.37. The second-order valence-corrected chi connectivity index (χ2v) is 4.22. The minimum absolute atomic E-state index is 0.566. The SMILES string of the molecule is CCCCC(C)(CC)C(C(=O)O)C(=O)O. The lowest BCUT2D eigenvalue weighted by Crippen LogP contribution is -2.39. The molecule has 0 aliphatic carbocycles. The summed E-state index contributed by atoms with van der Waals surface area (Å²) in [7, 11) is 0. The van der Waals surface area contributed by atoms with Crippen molar-refractivity contribution in [2.75, 3.05) is 0 Å². The first kappa shape index (κ1) is 13.9. The Morgan fingerprint density at radius 3 is 1.93 bits per heavy atom. The third-order valence-electron chi connectivity index (χ3n) is 3.10. The van der Waals surface area contributed by atoms with Crippen molar-refractivity contribution in [3.05, 3.63) is 0 Å². The Morgan fingerprint density at radius 1 is 1.20 bits per heavy atom. The maximum atomic E-state index is 10.9. The van der Waals surface area contributed by atoms with Crippen molar-refractivity contribution < 1.29 is 19.8 Å². The minimum Gasteiger partial charge on any atom is -0.481 e. The van der Waals surface area contributed by atoms with Gasteiger partial charge >= 0.3 is 11.9 Å². The van der Waals surface area contributed by atoms with Gasteiger partial charge in [0.25, 0.3) is 0 Å². The summed E-state index contributed by atoms with van der Waals surface area (Å²) in [5, 5.41) is 17.9. The lowest BCUT2D eigenvalue weighted by Gasteiger charge is -2.31. The van der Waals surface area contributed by atoms with Crippen LogP contribution in [0.3, 0.4) is 0 Å². The molecule has 0 radical (unpaired) electrons. The van der Waals surface area contributed by atoms with Crippen LogP contribution in [-0.4, -0.2) is 22.2 Å². The summed E-state index contributed by atoms with van der Waals surface area (Å²) >= 11 is 0. The van der Waals surface area contributed by atoms with Gasteiger partial charge in [-0.2, -0.15) is 0 Å². The van der Waals surface area contributed by atoms with Crippen LogP contribution < -0.4 is 0 Å². The Hall–Kier alpha value is -1.06. The lowest BCUT2D eigenvalue weighted by molar-refractivity contribution is -0.161. The van der Waals surface area contributed by atoms with Crippen LogP contribution in [0.2, 0.25) is 0 Å². The van der Waals surface area contributed by atoms with Crippen LogP contribution in [0.15, 0.2) is 0 Å². The van der Waals surface area contributed by atoms with Crippen LogP contribution in [0.4, 0.5) is 0 Å². The van der Waals surface area contributed by atoms with Gasteiger partial charge in [0.15, 0.2) is 5.92 Å². The summed E-state index contributed by atoms with van der Waals surface area (Å²) in [5.41, 5.74) is -0.645. The van der Waals surface area contributed by atoms with Gasteiger partial charge in [0, 0.05) is 0 Å². The third-order valence-corrected chi connectivity index (χ3v) is 3.10. The van der Waals surface area contributed by atoms with Crippen LogP contribution in [0, 0.1) is 11.3 Å². The first-order chi connectivity index (χ1) is 6.89. The average Bonchev–Trinajstić information content (AvgIpc) is 2.13. The number of rotatable bonds is 7. The summed E-state index contributed by atoms with van der Waals surface area (Å²) < 4.78 is 0. The Bertz CT molecular complexity index is 223. The molecule has 0 aromatic carbocycles. The number of carboxylic acid groups (broad SMARTS) is 2. The fourth-order valence-corrected chi connectivity index (χ4v) is 1.81. The monoisotopic (exact) mass is 216 g/mol. The van der Waals surface area contributed by atoms with Gasteiger partial charge in [-0.15, -0.1) is 0 Å². The van der Waals surface area contributed by atoms with E-state index in [2.05, 4.69) is 0 Å². The molecule has 0 saturated heterocycles. The van der Waals surface area contributed by atoms with Gasteiger partial charge in [0.2, 0.25) is 0 Å². The number of aliphatic carboxylic acids is 2. The highest BCUT2D eigenvalue weighted by atomic mass is 16.4. The van der Waals surface area contributed by atoms with Crippen molar-refractivity contribution >= 4 is 11.9 Å². The van der Waals surface area contributed by atoms with Gasteiger partial charge in [-0.3, -0.25) is 9.59 Å². The van der Waals surface area contributed by atoms with E-state index in [1.54, 1.807) is 6.92 Å². The molecule has 4 nitrogen and oxygen atoms in total. The van der Waals surface area contributed by atoms with Crippen molar-refractivity contribution in [2.45, 2.75) is 46.5 Å². The first-order valence-corrected chi connectivity index (χ1v) is 5.34. The maximum Gasteiger partial charge on any atom is 0.318 e. The van der Waals surface area contributed by atoms with Crippen LogP contribution in [0.5, 0.6) is 0 Å². The quantitative estimate of drug-likeness (QED) is 0.641. The molecule has 1 unspecified atom stereocenters. The molecule has 0 fully saturated rings. The second kappa shape index (κ2) is 5.73. The normalized spacial score (nSPS) is 14.9. The maximum absolute atomic E-state index is 10.9. The lowest BCUT2D eigenvalue weighted by atomic mass is 9.71. The molecule has 0 spiro atoms. The highest BCUT2D eigenvalue weighted by Gasteiger charge is 2.42. The smallest absolute Gasteiger partial charge is 0.318 e. The molecule has 0 amide bonds. The number of hydrogen-bond acceptors (Lipinski definition) is 2. The largest absolute Gasteiger partial charge is 0.481 e. The Balaban J connectivity index is 4.85. The topological polar surface area (TPSA) is 74.6 Å². The van der Waals surface area contributed by atoms with Gasteiger partial charge in [-0.1, -0.05) is 33.6 Å². The number of unbranched alkanes of at least 4 members (excludes halogenated alkanes) is 1. The zero-order valence-corrected chi connectivity index (χ0v) is 9.62. The Labute approximate surface area is 90.3 Å². The fraction of sp³-hybridized carbons (Fsp3) is 0.818. The summed E-state index contributed by atoms with van der Waals surface area (Å²) in [6, 6.07) is 0. The van der Waals surface area contributed by atoms with E-state index in [9.17, 15) is 9.59 Å². The Kier molecular flexibility index (Phi) is 5.33. The fourth-order valence-electron chi connectivity index (χ4n) is 1.81. The molecule has 2 N–H and O–H groups in total. The molecule has 0 aliphatic heterocycles. The molecule has 0 heterocycles. The van der Waals surface area contributed by atoms with Gasteiger partial charge in [0.05, 0.1) is 0 Å². The summed E-state index contributed by atoms with van der Waals surface area (Å²) in [5.74, 6) is -3.76. The van der Waals surface area contributed by atoms with Gasteiger partial charge in [-0.25, -0.2) is 0 Å². The molecule has 88 valence electrons. The van der Waals surface area contributed by atoms with Crippen molar-refractivity contribution in [3.8, 4) is 0 Å². The van der Waals surface area contributed by atoms with E-state index in [1.807, 2.05) is 13.8 Å². The van der Waals surface area contributed by atoms with Crippen molar-refractivity contribution in [1.29, 1.82) is 0 Å². The standard InChI is InChI=1S/C11H20O4/c1-4-6-7-11(3,5-2)8(9(12)13)10(14)15/h8H,4-7H2,1-3H3,(H,12,13)(H,14,15). The number of carboxylic acids is 2. The van der Waals surface area contributed by atoms with Crippen LogP contribution in [0.25, 0.3) is 0 Å².